The molecule has 0 aliphatic heterocycles. The van der Waals surface area contributed by atoms with Gasteiger partial charge in [-0.3, -0.25) is 5.43 Å². The number of hydrogen-bond acceptors (Lipinski definition) is 3. The van der Waals surface area contributed by atoms with Gasteiger partial charge in [-0.25, -0.2) is 0 Å². The van der Waals surface area contributed by atoms with Gasteiger partial charge in [-0.2, -0.15) is 5.10 Å². The van der Waals surface area contributed by atoms with E-state index >= 15 is 0 Å². The first-order chi connectivity index (χ1) is 8.52. The first-order valence-corrected chi connectivity index (χ1v) is 6.66. The number of rotatable bonds is 4. The highest BCUT2D eigenvalue weighted by atomic mass is 79.9. The Morgan fingerprint density at radius 1 is 1.50 bits per heavy atom. The van der Waals surface area contributed by atoms with Crippen LogP contribution in [0.15, 0.2) is 27.8 Å². The largest absolute Gasteiger partial charge is 0.496 e. The van der Waals surface area contributed by atoms with Crippen LogP contribution in [0, 0.1) is 0 Å². The molecule has 0 aliphatic carbocycles. The summed E-state index contributed by atoms with van der Waals surface area (Å²) in [4.78, 5) is 0. The van der Waals surface area contributed by atoms with Crippen LogP contribution in [0.4, 0.5) is 0 Å². The number of hydrogen-bond donors (Lipinski definition) is 2. The molecule has 0 saturated carbocycles. The highest BCUT2D eigenvalue weighted by molar-refractivity contribution is 9.10. The van der Waals surface area contributed by atoms with Crippen molar-refractivity contribution in [2.45, 2.75) is 19.9 Å². The van der Waals surface area contributed by atoms with Gasteiger partial charge in [0.15, 0.2) is 5.11 Å². The molecule has 1 rings (SSSR count). The fourth-order valence-corrected chi connectivity index (χ4v) is 2.07. The Labute approximate surface area is 121 Å². The third-order valence-electron chi connectivity index (χ3n) is 1.98. The van der Waals surface area contributed by atoms with Crippen molar-refractivity contribution in [3.63, 3.8) is 0 Å². The maximum atomic E-state index is 5.15. The molecular formula is C12H16BrN3OS. The maximum Gasteiger partial charge on any atom is 0.187 e. The van der Waals surface area contributed by atoms with Crippen molar-refractivity contribution in [2.75, 3.05) is 7.11 Å². The van der Waals surface area contributed by atoms with E-state index in [1.807, 2.05) is 32.0 Å². The number of methoxy groups -OCH3 is 1. The molecule has 0 unspecified atom stereocenters. The Morgan fingerprint density at radius 2 is 2.22 bits per heavy atom. The number of hydrazone groups is 1. The van der Waals surface area contributed by atoms with Crippen LogP contribution < -0.4 is 15.5 Å². The second-order valence-electron chi connectivity index (χ2n) is 3.89. The van der Waals surface area contributed by atoms with Gasteiger partial charge in [0, 0.05) is 6.04 Å². The molecule has 18 heavy (non-hydrogen) atoms. The molecule has 4 nitrogen and oxygen atoms in total. The monoisotopic (exact) mass is 329 g/mol. The lowest BCUT2D eigenvalue weighted by Crippen LogP contribution is -2.36. The number of nitrogens with one attached hydrogen (secondary N) is 2. The highest BCUT2D eigenvalue weighted by Crippen LogP contribution is 2.24. The predicted molar refractivity (Wildman–Crippen MR) is 82.3 cm³/mol. The van der Waals surface area contributed by atoms with Crippen LogP contribution in [0.25, 0.3) is 0 Å². The van der Waals surface area contributed by atoms with Gasteiger partial charge >= 0.3 is 0 Å². The Morgan fingerprint density at radius 3 is 2.78 bits per heavy atom. The van der Waals surface area contributed by atoms with E-state index < -0.39 is 0 Å². The number of thiocarbonyl (C=S) groups is 1. The summed E-state index contributed by atoms with van der Waals surface area (Å²) in [5, 5.41) is 7.59. The van der Waals surface area contributed by atoms with Gasteiger partial charge in [-0.05, 0) is 65.8 Å². The minimum absolute atomic E-state index is 0.287. The van der Waals surface area contributed by atoms with E-state index in [-0.39, 0.29) is 6.04 Å². The van der Waals surface area contributed by atoms with Gasteiger partial charge in [0.25, 0.3) is 0 Å². The van der Waals surface area contributed by atoms with Crippen LogP contribution in [0.3, 0.4) is 0 Å². The summed E-state index contributed by atoms with van der Waals surface area (Å²) in [7, 11) is 1.63. The molecule has 2 N–H and O–H groups in total. The Hall–Kier alpha value is -1.14. The number of halogens is 1. The van der Waals surface area contributed by atoms with Gasteiger partial charge in [0.1, 0.15) is 5.75 Å². The zero-order valence-electron chi connectivity index (χ0n) is 10.5. The molecule has 0 heterocycles. The van der Waals surface area contributed by atoms with Crippen molar-refractivity contribution >= 4 is 39.5 Å². The van der Waals surface area contributed by atoms with Gasteiger partial charge in [-0.15, -0.1) is 0 Å². The summed E-state index contributed by atoms with van der Waals surface area (Å²) in [5.74, 6) is 0.789. The SMILES string of the molecule is COc1ccc(/C=N\NC(=S)NC(C)C)cc1Br. The summed E-state index contributed by atoms with van der Waals surface area (Å²) in [6.45, 7) is 4.02. The van der Waals surface area contributed by atoms with Crippen LogP contribution in [-0.4, -0.2) is 24.5 Å². The van der Waals surface area contributed by atoms with Crippen LogP contribution in [-0.2, 0) is 0 Å². The van der Waals surface area contributed by atoms with Crippen molar-refractivity contribution < 1.29 is 4.74 Å². The molecule has 0 saturated heterocycles. The fraction of sp³-hybridized carbons (Fsp3) is 0.333. The van der Waals surface area contributed by atoms with Crippen LogP contribution in [0.1, 0.15) is 19.4 Å². The molecule has 0 radical (unpaired) electrons. The van der Waals surface area contributed by atoms with Crippen molar-refractivity contribution in [2.24, 2.45) is 5.10 Å². The smallest absolute Gasteiger partial charge is 0.187 e. The fourth-order valence-electron chi connectivity index (χ4n) is 1.22. The van der Waals surface area contributed by atoms with Crippen LogP contribution in [0.5, 0.6) is 5.75 Å². The van der Waals surface area contributed by atoms with Crippen LogP contribution >= 0.6 is 28.1 Å². The van der Waals surface area contributed by atoms with E-state index in [0.717, 1.165) is 15.8 Å². The van der Waals surface area contributed by atoms with Gasteiger partial charge in [0.05, 0.1) is 17.8 Å². The molecule has 1 aromatic rings. The summed E-state index contributed by atoms with van der Waals surface area (Å²) >= 11 is 8.46. The van der Waals surface area contributed by atoms with Gasteiger partial charge < -0.3 is 10.1 Å². The topological polar surface area (TPSA) is 45.6 Å². The number of benzene rings is 1. The zero-order chi connectivity index (χ0) is 13.5. The Bertz CT molecular complexity index is 449. The van der Waals surface area contributed by atoms with Crippen molar-refractivity contribution in [1.29, 1.82) is 0 Å². The summed E-state index contributed by atoms with van der Waals surface area (Å²) in [5.41, 5.74) is 3.70. The zero-order valence-corrected chi connectivity index (χ0v) is 12.9. The molecule has 0 bridgehead atoms. The Kier molecular flexibility index (Phi) is 6.07. The number of nitrogens with zero attached hydrogens (tertiary/aromatic N) is 1. The molecule has 0 fully saturated rings. The lowest BCUT2D eigenvalue weighted by molar-refractivity contribution is 0.412. The molecule has 0 aromatic heterocycles. The van der Waals surface area contributed by atoms with Crippen LogP contribution in [0.2, 0.25) is 0 Å². The minimum Gasteiger partial charge on any atom is -0.496 e. The van der Waals surface area contributed by atoms with Crippen molar-refractivity contribution in [1.82, 2.24) is 10.7 Å². The van der Waals surface area contributed by atoms with E-state index in [1.165, 1.54) is 0 Å². The molecule has 0 atom stereocenters. The quantitative estimate of drug-likeness (QED) is 0.506. The summed E-state index contributed by atoms with van der Waals surface area (Å²) in [6.07, 6.45) is 1.69. The lowest BCUT2D eigenvalue weighted by Gasteiger charge is -2.09. The van der Waals surface area contributed by atoms with Crippen molar-refractivity contribution in [3.8, 4) is 5.75 Å². The van der Waals surface area contributed by atoms with E-state index in [4.69, 9.17) is 17.0 Å². The second kappa shape index (κ2) is 7.33. The molecule has 0 amide bonds. The third-order valence-corrected chi connectivity index (χ3v) is 2.80. The van der Waals surface area contributed by atoms with E-state index in [2.05, 4.69) is 31.8 Å². The van der Waals surface area contributed by atoms with Crippen molar-refractivity contribution in [3.05, 3.63) is 28.2 Å². The normalized spacial score (nSPS) is 10.7. The Balaban J connectivity index is 2.57. The third kappa shape index (κ3) is 5.01. The average molecular weight is 330 g/mol. The van der Waals surface area contributed by atoms with E-state index in [9.17, 15) is 0 Å². The summed E-state index contributed by atoms with van der Waals surface area (Å²) in [6, 6.07) is 5.99. The average Bonchev–Trinajstić information content (AvgIpc) is 2.28. The minimum atomic E-state index is 0.287. The highest BCUT2D eigenvalue weighted by Gasteiger charge is 1.99. The molecule has 1 aromatic carbocycles. The first-order valence-electron chi connectivity index (χ1n) is 5.46. The maximum absolute atomic E-state index is 5.15. The second-order valence-corrected chi connectivity index (χ2v) is 5.15. The molecular weight excluding hydrogens is 314 g/mol. The first kappa shape index (κ1) is 14.9. The summed E-state index contributed by atoms with van der Waals surface area (Å²) < 4.78 is 6.03. The lowest BCUT2D eigenvalue weighted by atomic mass is 10.2. The van der Waals surface area contributed by atoms with E-state index in [1.54, 1.807) is 13.3 Å². The molecule has 0 spiro atoms. The molecule has 6 heteroatoms. The van der Waals surface area contributed by atoms with Gasteiger partial charge in [0.2, 0.25) is 0 Å². The predicted octanol–water partition coefficient (Wildman–Crippen LogP) is 2.66. The number of ether oxygens (including phenoxy) is 1. The molecule has 98 valence electrons. The van der Waals surface area contributed by atoms with E-state index in [0.29, 0.717) is 5.11 Å². The van der Waals surface area contributed by atoms with Gasteiger partial charge in [-0.1, -0.05) is 0 Å². The standard InChI is InChI=1S/C12H16BrN3OS/c1-8(2)15-12(18)16-14-7-9-4-5-11(17-3)10(13)6-9/h4-8H,1-3H3,(H2,15,16,18)/b14-7-. The molecule has 0 aliphatic rings.